The van der Waals surface area contributed by atoms with Gasteiger partial charge in [-0.25, -0.2) is 8.42 Å². The zero-order valence-corrected chi connectivity index (χ0v) is 16.2. The van der Waals surface area contributed by atoms with E-state index in [0.717, 1.165) is 44.3 Å². The van der Waals surface area contributed by atoms with Crippen molar-refractivity contribution in [1.29, 1.82) is 0 Å². The van der Waals surface area contributed by atoms with Gasteiger partial charge in [-0.1, -0.05) is 31.0 Å². The van der Waals surface area contributed by atoms with E-state index in [1.165, 1.54) is 0 Å². The zero-order chi connectivity index (χ0) is 18.0. The maximum Gasteiger partial charge on any atom is 0.243 e. The van der Waals surface area contributed by atoms with E-state index in [4.69, 9.17) is 5.73 Å². The van der Waals surface area contributed by atoms with Crippen molar-refractivity contribution in [3.05, 3.63) is 29.8 Å². The molecule has 0 aromatic heterocycles. The van der Waals surface area contributed by atoms with Gasteiger partial charge in [-0.2, -0.15) is 4.31 Å². The fourth-order valence-corrected chi connectivity index (χ4v) is 5.62. The molecule has 2 saturated heterocycles. The van der Waals surface area contributed by atoms with Gasteiger partial charge < -0.3 is 5.73 Å². The molecule has 0 saturated carbocycles. The maximum absolute atomic E-state index is 12.8. The van der Waals surface area contributed by atoms with Crippen LogP contribution in [0.1, 0.15) is 38.2 Å². The number of piperidine rings is 2. The molecule has 2 aliphatic rings. The fraction of sp³-hybridized carbons (Fsp3) is 0.684. The highest BCUT2D eigenvalue weighted by Crippen LogP contribution is 2.27. The molecule has 0 unspecified atom stereocenters. The van der Waals surface area contributed by atoms with Crippen molar-refractivity contribution in [2.24, 2.45) is 11.7 Å². The Morgan fingerprint density at radius 3 is 2.32 bits per heavy atom. The van der Waals surface area contributed by atoms with Crippen LogP contribution in [0.2, 0.25) is 0 Å². The molecule has 6 heteroatoms. The number of nitrogens with zero attached hydrogens (tertiary/aromatic N) is 2. The van der Waals surface area contributed by atoms with Gasteiger partial charge in [0.25, 0.3) is 0 Å². The van der Waals surface area contributed by atoms with E-state index in [0.29, 0.717) is 36.0 Å². The average Bonchev–Trinajstić information content (AvgIpc) is 2.62. The average molecular weight is 366 g/mol. The lowest BCUT2D eigenvalue weighted by atomic mass is 9.88. The molecule has 0 amide bonds. The molecule has 2 fully saturated rings. The lowest BCUT2D eigenvalue weighted by Crippen LogP contribution is -2.53. The first kappa shape index (κ1) is 18.8. The number of likely N-dealkylation sites (tertiary alicyclic amines) is 1. The molecule has 0 bridgehead atoms. The third-order valence-corrected chi connectivity index (χ3v) is 7.86. The molecule has 2 aliphatic heterocycles. The molecule has 0 spiro atoms. The summed E-state index contributed by atoms with van der Waals surface area (Å²) in [5, 5.41) is 0. The summed E-state index contributed by atoms with van der Waals surface area (Å²) < 4.78 is 27.3. The minimum atomic E-state index is -3.36. The van der Waals surface area contributed by atoms with Gasteiger partial charge in [-0.15, -0.1) is 0 Å². The molecule has 25 heavy (non-hydrogen) atoms. The number of sulfonamides is 1. The third kappa shape index (κ3) is 4.08. The highest BCUT2D eigenvalue weighted by atomic mass is 32.2. The summed E-state index contributed by atoms with van der Waals surface area (Å²) in [6.45, 7) is 7.52. The van der Waals surface area contributed by atoms with Crippen molar-refractivity contribution in [3.63, 3.8) is 0 Å². The van der Waals surface area contributed by atoms with Crippen LogP contribution >= 0.6 is 0 Å². The SMILES string of the molecule is CC[C@@H]1CN(C2CCN(S(=O)(=O)c3ccc(C)cc3)CC2)CC[C@H]1N. The Morgan fingerprint density at radius 2 is 1.72 bits per heavy atom. The molecule has 2 N–H and O–H groups in total. The van der Waals surface area contributed by atoms with Crippen LogP contribution in [0.15, 0.2) is 29.2 Å². The van der Waals surface area contributed by atoms with Gasteiger partial charge in [0.1, 0.15) is 0 Å². The summed E-state index contributed by atoms with van der Waals surface area (Å²) in [4.78, 5) is 2.96. The molecule has 3 rings (SSSR count). The highest BCUT2D eigenvalue weighted by molar-refractivity contribution is 7.89. The lowest BCUT2D eigenvalue weighted by molar-refractivity contribution is 0.0781. The Morgan fingerprint density at radius 1 is 1.08 bits per heavy atom. The quantitative estimate of drug-likeness (QED) is 0.888. The number of benzene rings is 1. The highest BCUT2D eigenvalue weighted by Gasteiger charge is 2.34. The van der Waals surface area contributed by atoms with Crippen LogP contribution in [-0.2, 0) is 10.0 Å². The Labute approximate surface area is 152 Å². The summed E-state index contributed by atoms with van der Waals surface area (Å²) in [5.41, 5.74) is 7.30. The Hall–Kier alpha value is -0.950. The van der Waals surface area contributed by atoms with Crippen LogP contribution in [-0.4, -0.2) is 55.9 Å². The number of hydrogen-bond donors (Lipinski definition) is 1. The van der Waals surface area contributed by atoms with Gasteiger partial charge in [0, 0.05) is 31.7 Å². The van der Waals surface area contributed by atoms with E-state index in [1.54, 1.807) is 16.4 Å². The maximum atomic E-state index is 12.8. The molecule has 140 valence electrons. The zero-order valence-electron chi connectivity index (χ0n) is 15.4. The van der Waals surface area contributed by atoms with E-state index in [-0.39, 0.29) is 0 Å². The van der Waals surface area contributed by atoms with Crippen molar-refractivity contribution in [3.8, 4) is 0 Å². The Kier molecular flexibility index (Phi) is 5.83. The second-order valence-corrected chi connectivity index (χ2v) is 9.50. The standard InChI is InChI=1S/C19H31N3O2S/c1-3-16-14-21(11-10-19(16)20)17-8-12-22(13-9-17)25(23,24)18-6-4-15(2)5-7-18/h4-7,16-17,19H,3,8-14,20H2,1-2H3/t16-,19-/m1/s1. The van der Waals surface area contributed by atoms with Crippen LogP contribution in [0.25, 0.3) is 0 Å². The Balaban J connectivity index is 1.61. The normalized spacial score (nSPS) is 27.5. The van der Waals surface area contributed by atoms with E-state index >= 15 is 0 Å². The first-order valence-corrected chi connectivity index (χ1v) is 10.9. The van der Waals surface area contributed by atoms with Crippen LogP contribution in [0.5, 0.6) is 0 Å². The van der Waals surface area contributed by atoms with Crippen LogP contribution in [0.3, 0.4) is 0 Å². The topological polar surface area (TPSA) is 66.6 Å². The van der Waals surface area contributed by atoms with Crippen LogP contribution in [0.4, 0.5) is 0 Å². The van der Waals surface area contributed by atoms with Gasteiger partial charge in [-0.3, -0.25) is 4.90 Å². The molecule has 5 nitrogen and oxygen atoms in total. The van der Waals surface area contributed by atoms with E-state index in [9.17, 15) is 8.42 Å². The minimum absolute atomic E-state index is 0.322. The molecule has 2 heterocycles. The van der Waals surface area contributed by atoms with Crippen molar-refractivity contribution in [2.75, 3.05) is 26.2 Å². The summed E-state index contributed by atoms with van der Waals surface area (Å²) in [6.07, 6.45) is 4.01. The smallest absolute Gasteiger partial charge is 0.243 e. The van der Waals surface area contributed by atoms with Gasteiger partial charge in [0.2, 0.25) is 10.0 Å². The largest absolute Gasteiger partial charge is 0.327 e. The molecule has 2 atom stereocenters. The van der Waals surface area contributed by atoms with Crippen molar-refractivity contribution >= 4 is 10.0 Å². The van der Waals surface area contributed by atoms with Crippen molar-refractivity contribution < 1.29 is 8.42 Å². The Bertz CT molecular complexity index is 666. The number of nitrogens with two attached hydrogens (primary N) is 1. The lowest BCUT2D eigenvalue weighted by Gasteiger charge is -2.43. The fourth-order valence-electron chi connectivity index (χ4n) is 4.15. The van der Waals surface area contributed by atoms with Gasteiger partial charge >= 0.3 is 0 Å². The van der Waals surface area contributed by atoms with Gasteiger partial charge in [0.05, 0.1) is 4.90 Å². The second-order valence-electron chi connectivity index (χ2n) is 7.56. The van der Waals surface area contributed by atoms with E-state index in [2.05, 4.69) is 11.8 Å². The molecular formula is C19H31N3O2S. The minimum Gasteiger partial charge on any atom is -0.327 e. The van der Waals surface area contributed by atoms with Crippen LogP contribution < -0.4 is 5.73 Å². The molecule has 1 aromatic carbocycles. The van der Waals surface area contributed by atoms with E-state index in [1.807, 2.05) is 19.1 Å². The summed E-state index contributed by atoms with van der Waals surface area (Å²) >= 11 is 0. The first-order valence-electron chi connectivity index (χ1n) is 9.48. The van der Waals surface area contributed by atoms with Crippen molar-refractivity contribution in [2.45, 2.75) is 56.5 Å². The summed E-state index contributed by atoms with van der Waals surface area (Å²) in [5.74, 6) is 0.572. The predicted octanol–water partition coefficient (Wildman–Crippen LogP) is 2.21. The molecular weight excluding hydrogens is 334 g/mol. The monoisotopic (exact) mass is 365 g/mol. The third-order valence-electron chi connectivity index (χ3n) is 5.95. The van der Waals surface area contributed by atoms with Gasteiger partial charge in [-0.05, 0) is 50.8 Å². The first-order chi connectivity index (χ1) is 11.9. The van der Waals surface area contributed by atoms with Crippen LogP contribution in [0, 0.1) is 12.8 Å². The summed E-state index contributed by atoms with van der Waals surface area (Å²) in [7, 11) is -3.36. The molecule has 1 aromatic rings. The number of rotatable bonds is 4. The van der Waals surface area contributed by atoms with Gasteiger partial charge in [0.15, 0.2) is 0 Å². The van der Waals surface area contributed by atoms with E-state index < -0.39 is 10.0 Å². The number of aryl methyl sites for hydroxylation is 1. The number of hydrogen-bond acceptors (Lipinski definition) is 4. The molecule has 0 radical (unpaired) electrons. The second kappa shape index (κ2) is 7.74. The molecule has 0 aliphatic carbocycles. The summed E-state index contributed by atoms with van der Waals surface area (Å²) in [6, 6.07) is 7.97. The van der Waals surface area contributed by atoms with Crippen molar-refractivity contribution in [1.82, 2.24) is 9.21 Å². The predicted molar refractivity (Wildman–Crippen MR) is 101 cm³/mol.